The molecule has 132 valence electrons. The molecular formula is C16H27Cl2N3O2. The lowest BCUT2D eigenvalue weighted by molar-refractivity contribution is 0.155. The van der Waals surface area contributed by atoms with Crippen molar-refractivity contribution >= 4 is 24.8 Å². The summed E-state index contributed by atoms with van der Waals surface area (Å²) in [7, 11) is 0. The van der Waals surface area contributed by atoms with Crippen LogP contribution in [0.3, 0.4) is 0 Å². The number of nitrogens with zero attached hydrogens (tertiary/aromatic N) is 2. The zero-order chi connectivity index (χ0) is 14.8. The van der Waals surface area contributed by atoms with Crippen molar-refractivity contribution in [1.29, 1.82) is 0 Å². The van der Waals surface area contributed by atoms with E-state index < -0.39 is 0 Å². The monoisotopic (exact) mass is 363 g/mol. The zero-order valence-electron chi connectivity index (χ0n) is 13.5. The van der Waals surface area contributed by atoms with Gasteiger partial charge in [-0.3, -0.25) is 9.88 Å². The summed E-state index contributed by atoms with van der Waals surface area (Å²) in [4.78, 5) is 6.64. The third-order valence-corrected chi connectivity index (χ3v) is 4.71. The van der Waals surface area contributed by atoms with Crippen molar-refractivity contribution in [1.82, 2.24) is 15.2 Å². The normalized spacial score (nSPS) is 19.6. The molecule has 1 aromatic heterocycles. The number of aromatic hydroxyl groups is 1. The lowest BCUT2D eigenvalue weighted by atomic mass is 9.94. The van der Waals surface area contributed by atoms with Crippen molar-refractivity contribution in [2.75, 3.05) is 26.2 Å². The van der Waals surface area contributed by atoms with Gasteiger partial charge in [0.1, 0.15) is 5.75 Å². The van der Waals surface area contributed by atoms with Gasteiger partial charge in [-0.2, -0.15) is 0 Å². The molecule has 3 N–H and O–H groups in total. The predicted molar refractivity (Wildman–Crippen MR) is 95.6 cm³/mol. The van der Waals surface area contributed by atoms with Gasteiger partial charge in [-0.25, -0.2) is 0 Å². The third kappa shape index (κ3) is 4.70. The SMILES string of the molecule is Cc1ncc(CO)c([C@H](CC2CC2)N2CCNCC2)c1O.Cl.Cl. The minimum Gasteiger partial charge on any atom is -0.506 e. The summed E-state index contributed by atoms with van der Waals surface area (Å²) in [5.74, 6) is 1.04. The van der Waals surface area contributed by atoms with E-state index in [-0.39, 0.29) is 43.2 Å². The van der Waals surface area contributed by atoms with Crippen molar-refractivity contribution in [3.05, 3.63) is 23.0 Å². The average Bonchev–Trinajstić information content (AvgIpc) is 3.33. The Morgan fingerprint density at radius 2 is 1.96 bits per heavy atom. The number of nitrogens with one attached hydrogen (secondary N) is 1. The van der Waals surface area contributed by atoms with Gasteiger partial charge in [-0.05, 0) is 19.3 Å². The maximum atomic E-state index is 10.5. The summed E-state index contributed by atoms with van der Waals surface area (Å²) < 4.78 is 0. The topological polar surface area (TPSA) is 68.6 Å². The molecule has 7 heteroatoms. The Balaban J connectivity index is 0.00000132. The number of aliphatic hydroxyl groups excluding tert-OH is 1. The predicted octanol–water partition coefficient (Wildman–Crippen LogP) is 2.18. The van der Waals surface area contributed by atoms with E-state index in [1.807, 2.05) is 6.92 Å². The Morgan fingerprint density at radius 3 is 2.52 bits per heavy atom. The Kier molecular flexibility index (Phi) is 8.04. The van der Waals surface area contributed by atoms with Crippen LogP contribution in [0.25, 0.3) is 0 Å². The van der Waals surface area contributed by atoms with Crippen LogP contribution in [0.2, 0.25) is 0 Å². The maximum absolute atomic E-state index is 10.5. The van der Waals surface area contributed by atoms with E-state index in [1.165, 1.54) is 12.8 Å². The first-order valence-corrected chi connectivity index (χ1v) is 7.93. The number of piperazine rings is 1. The Morgan fingerprint density at radius 1 is 1.30 bits per heavy atom. The minimum absolute atomic E-state index is 0. The van der Waals surface area contributed by atoms with Gasteiger partial charge in [-0.15, -0.1) is 24.8 Å². The number of aliphatic hydroxyl groups is 1. The lowest BCUT2D eigenvalue weighted by Gasteiger charge is -2.36. The molecule has 2 fully saturated rings. The molecule has 0 unspecified atom stereocenters. The maximum Gasteiger partial charge on any atom is 0.141 e. The van der Waals surface area contributed by atoms with Crippen LogP contribution in [0.4, 0.5) is 0 Å². The van der Waals surface area contributed by atoms with Crippen LogP contribution >= 0.6 is 24.8 Å². The number of pyridine rings is 1. The molecule has 0 radical (unpaired) electrons. The summed E-state index contributed by atoms with van der Waals surface area (Å²) in [6.45, 7) is 5.71. The van der Waals surface area contributed by atoms with E-state index in [9.17, 15) is 10.2 Å². The summed E-state index contributed by atoms with van der Waals surface area (Å²) in [5, 5.41) is 23.6. The molecule has 0 aromatic carbocycles. The standard InChI is InChI=1S/C16H25N3O2.2ClH/c1-11-16(21)15(13(10-20)9-18-11)14(8-12-2-3-12)19-6-4-17-5-7-19;;/h9,12,14,17,20-21H,2-8,10H2,1H3;2*1H/t14-;;/m0../s1. The average molecular weight is 364 g/mol. The van der Waals surface area contributed by atoms with Crippen LogP contribution in [-0.2, 0) is 6.61 Å². The van der Waals surface area contributed by atoms with Gasteiger partial charge in [0.05, 0.1) is 12.3 Å². The van der Waals surface area contributed by atoms with Crippen molar-refractivity contribution in [3.8, 4) is 5.75 Å². The molecular weight excluding hydrogens is 337 g/mol. The first kappa shape index (κ1) is 20.5. The van der Waals surface area contributed by atoms with Crippen LogP contribution in [0.5, 0.6) is 5.75 Å². The second-order valence-corrected chi connectivity index (χ2v) is 6.27. The molecule has 1 aliphatic heterocycles. The van der Waals surface area contributed by atoms with E-state index in [2.05, 4.69) is 15.2 Å². The number of aryl methyl sites for hydroxylation is 1. The number of hydrogen-bond acceptors (Lipinski definition) is 5. The van der Waals surface area contributed by atoms with Crippen LogP contribution in [0.15, 0.2) is 6.20 Å². The summed E-state index contributed by atoms with van der Waals surface area (Å²) in [6, 6.07) is 0.198. The van der Waals surface area contributed by atoms with E-state index in [0.717, 1.165) is 49.6 Å². The van der Waals surface area contributed by atoms with Crippen molar-refractivity contribution in [3.63, 3.8) is 0 Å². The quantitative estimate of drug-likeness (QED) is 0.747. The van der Waals surface area contributed by atoms with E-state index >= 15 is 0 Å². The van der Waals surface area contributed by atoms with Gasteiger partial charge in [0, 0.05) is 49.5 Å². The molecule has 1 saturated heterocycles. The Labute approximate surface area is 150 Å². The van der Waals surface area contributed by atoms with Gasteiger partial charge in [0.25, 0.3) is 0 Å². The van der Waals surface area contributed by atoms with Crippen LogP contribution < -0.4 is 5.32 Å². The second-order valence-electron chi connectivity index (χ2n) is 6.27. The molecule has 1 aliphatic carbocycles. The molecule has 1 saturated carbocycles. The van der Waals surface area contributed by atoms with Crippen molar-refractivity contribution < 1.29 is 10.2 Å². The Bertz CT molecular complexity index is 506. The fourth-order valence-electron chi connectivity index (χ4n) is 3.26. The first-order valence-electron chi connectivity index (χ1n) is 7.93. The zero-order valence-corrected chi connectivity index (χ0v) is 15.1. The molecule has 0 amide bonds. The highest BCUT2D eigenvalue weighted by Crippen LogP contribution is 2.43. The molecule has 0 bridgehead atoms. The smallest absolute Gasteiger partial charge is 0.141 e. The molecule has 3 rings (SSSR count). The highest BCUT2D eigenvalue weighted by atomic mass is 35.5. The number of halogens is 2. The minimum atomic E-state index is -0.0660. The number of aromatic nitrogens is 1. The summed E-state index contributed by atoms with van der Waals surface area (Å²) in [6.07, 6.45) is 5.38. The number of hydrogen-bond donors (Lipinski definition) is 3. The first-order chi connectivity index (χ1) is 10.2. The molecule has 1 atom stereocenters. The van der Waals surface area contributed by atoms with Crippen molar-refractivity contribution in [2.45, 2.75) is 38.8 Å². The molecule has 23 heavy (non-hydrogen) atoms. The van der Waals surface area contributed by atoms with Gasteiger partial charge in [0.15, 0.2) is 0 Å². The Hall–Kier alpha value is -0.590. The molecule has 2 heterocycles. The largest absolute Gasteiger partial charge is 0.506 e. The highest BCUT2D eigenvalue weighted by Gasteiger charge is 2.33. The third-order valence-electron chi connectivity index (χ3n) is 4.71. The second kappa shape index (κ2) is 9.04. The van der Waals surface area contributed by atoms with Crippen LogP contribution in [0.1, 0.15) is 42.1 Å². The van der Waals surface area contributed by atoms with E-state index in [4.69, 9.17) is 0 Å². The van der Waals surface area contributed by atoms with Crippen molar-refractivity contribution in [2.24, 2.45) is 5.92 Å². The number of rotatable bonds is 5. The fraction of sp³-hybridized carbons (Fsp3) is 0.688. The molecule has 5 nitrogen and oxygen atoms in total. The van der Waals surface area contributed by atoms with Gasteiger partial charge >= 0.3 is 0 Å². The van der Waals surface area contributed by atoms with E-state index in [1.54, 1.807) is 6.20 Å². The van der Waals surface area contributed by atoms with Crippen LogP contribution in [-0.4, -0.2) is 46.3 Å². The summed E-state index contributed by atoms with van der Waals surface area (Å²) >= 11 is 0. The highest BCUT2D eigenvalue weighted by molar-refractivity contribution is 5.85. The molecule has 0 spiro atoms. The van der Waals surface area contributed by atoms with Gasteiger partial charge in [-0.1, -0.05) is 12.8 Å². The van der Waals surface area contributed by atoms with Gasteiger partial charge < -0.3 is 15.5 Å². The molecule has 1 aromatic rings. The van der Waals surface area contributed by atoms with Crippen LogP contribution in [0, 0.1) is 12.8 Å². The summed E-state index contributed by atoms with van der Waals surface area (Å²) in [5.41, 5.74) is 2.32. The van der Waals surface area contributed by atoms with E-state index in [0.29, 0.717) is 5.69 Å². The van der Waals surface area contributed by atoms with Gasteiger partial charge in [0.2, 0.25) is 0 Å². The fourth-order valence-corrected chi connectivity index (χ4v) is 3.26. The molecule has 2 aliphatic rings. The lowest BCUT2D eigenvalue weighted by Crippen LogP contribution is -2.45.